The highest BCUT2D eigenvalue weighted by molar-refractivity contribution is 6.37. The van der Waals surface area contributed by atoms with Gasteiger partial charge in [-0.2, -0.15) is 0 Å². The molecule has 0 spiro atoms. The molecular formula is C26H27ClN4O. The number of anilines is 1. The van der Waals surface area contributed by atoms with Crippen molar-refractivity contribution in [2.45, 2.75) is 6.92 Å². The van der Waals surface area contributed by atoms with Crippen LogP contribution in [0, 0.1) is 6.92 Å². The number of ether oxygens (including phenoxy) is 1. The molecule has 4 aromatic rings. The van der Waals surface area contributed by atoms with Gasteiger partial charge in [0.05, 0.1) is 17.8 Å². The molecule has 1 aliphatic rings. The van der Waals surface area contributed by atoms with E-state index in [1.54, 1.807) is 13.3 Å². The Kier molecular flexibility index (Phi) is 5.53. The van der Waals surface area contributed by atoms with Gasteiger partial charge in [0.25, 0.3) is 0 Å². The number of aromatic nitrogens is 2. The third kappa shape index (κ3) is 3.51. The molecule has 1 saturated heterocycles. The second-order valence-corrected chi connectivity index (χ2v) is 8.65. The number of halogens is 1. The van der Waals surface area contributed by atoms with Crippen molar-refractivity contribution in [1.29, 1.82) is 0 Å². The summed E-state index contributed by atoms with van der Waals surface area (Å²) in [4.78, 5) is 7.08. The number of hydrogen-bond donors (Lipinski definition) is 1. The van der Waals surface area contributed by atoms with E-state index in [0.29, 0.717) is 5.02 Å². The van der Waals surface area contributed by atoms with Crippen LogP contribution in [-0.2, 0) is 7.05 Å². The molecule has 0 atom stereocenters. The van der Waals surface area contributed by atoms with Gasteiger partial charge in [-0.05, 0) is 53.9 Å². The van der Waals surface area contributed by atoms with Crippen molar-refractivity contribution >= 4 is 28.3 Å². The number of aryl methyl sites for hydroxylation is 2. The molecule has 0 radical (unpaired) electrons. The highest BCUT2D eigenvalue weighted by Crippen LogP contribution is 2.43. The van der Waals surface area contributed by atoms with Gasteiger partial charge in [-0.15, -0.1) is 0 Å². The number of methoxy groups -OCH3 is 1. The molecule has 0 bridgehead atoms. The summed E-state index contributed by atoms with van der Waals surface area (Å²) in [6.07, 6.45) is 1.77. The minimum absolute atomic E-state index is 0.706. The summed E-state index contributed by atoms with van der Waals surface area (Å²) >= 11 is 6.72. The lowest BCUT2D eigenvalue weighted by atomic mass is 9.97. The van der Waals surface area contributed by atoms with Gasteiger partial charge in [0, 0.05) is 56.1 Å². The first-order chi connectivity index (χ1) is 15.6. The summed E-state index contributed by atoms with van der Waals surface area (Å²) in [6.45, 7) is 6.17. The van der Waals surface area contributed by atoms with Gasteiger partial charge in [-0.3, -0.25) is 0 Å². The number of hydrogen-bond acceptors (Lipinski definition) is 4. The number of benzene rings is 2. The van der Waals surface area contributed by atoms with Crippen LogP contribution in [-0.4, -0.2) is 42.8 Å². The number of piperazine rings is 1. The van der Waals surface area contributed by atoms with E-state index in [4.69, 9.17) is 16.3 Å². The Hall–Kier alpha value is -3.02. The topological polar surface area (TPSA) is 42.3 Å². The molecule has 5 nitrogen and oxygen atoms in total. The lowest BCUT2D eigenvalue weighted by molar-refractivity contribution is 0.412. The van der Waals surface area contributed by atoms with Crippen LogP contribution in [0.15, 0.2) is 54.7 Å². The monoisotopic (exact) mass is 446 g/mol. The minimum atomic E-state index is 0.706. The average molecular weight is 447 g/mol. The molecule has 0 amide bonds. The van der Waals surface area contributed by atoms with Gasteiger partial charge >= 0.3 is 0 Å². The van der Waals surface area contributed by atoms with Crippen LogP contribution >= 0.6 is 11.6 Å². The molecule has 1 N–H and O–H groups in total. The molecule has 1 fully saturated rings. The van der Waals surface area contributed by atoms with Crippen molar-refractivity contribution in [3.63, 3.8) is 0 Å². The van der Waals surface area contributed by atoms with Crippen molar-refractivity contribution < 1.29 is 4.74 Å². The van der Waals surface area contributed by atoms with Crippen molar-refractivity contribution in [3.8, 4) is 28.1 Å². The molecule has 3 heterocycles. The lowest BCUT2D eigenvalue weighted by Gasteiger charge is -2.29. The Morgan fingerprint density at radius 2 is 1.72 bits per heavy atom. The summed E-state index contributed by atoms with van der Waals surface area (Å²) in [6, 6.07) is 17.0. The number of nitrogens with one attached hydrogen (secondary N) is 1. The largest absolute Gasteiger partial charge is 0.496 e. The van der Waals surface area contributed by atoms with Crippen LogP contribution < -0.4 is 15.0 Å². The quantitative estimate of drug-likeness (QED) is 0.462. The van der Waals surface area contributed by atoms with Gasteiger partial charge in [0.2, 0.25) is 0 Å². The lowest BCUT2D eigenvalue weighted by Crippen LogP contribution is -2.43. The fourth-order valence-corrected chi connectivity index (χ4v) is 4.95. The van der Waals surface area contributed by atoms with Crippen molar-refractivity contribution in [2.24, 2.45) is 7.05 Å². The summed E-state index contributed by atoms with van der Waals surface area (Å²) in [5.74, 6) is 0.875. The summed E-state index contributed by atoms with van der Waals surface area (Å²) in [7, 11) is 3.76. The normalized spacial score (nSPS) is 14.2. The van der Waals surface area contributed by atoms with Gasteiger partial charge in [-0.25, -0.2) is 4.98 Å². The fourth-order valence-electron chi connectivity index (χ4n) is 4.71. The number of nitrogens with zero attached hydrogens (tertiary/aromatic N) is 3. The molecule has 2 aromatic carbocycles. The maximum atomic E-state index is 6.72. The second-order valence-electron chi connectivity index (χ2n) is 8.24. The molecule has 0 aliphatic carbocycles. The summed E-state index contributed by atoms with van der Waals surface area (Å²) in [5.41, 5.74) is 7.67. The summed E-state index contributed by atoms with van der Waals surface area (Å²) < 4.78 is 7.63. The van der Waals surface area contributed by atoms with Crippen molar-refractivity contribution in [3.05, 3.63) is 65.3 Å². The number of rotatable bonds is 4. The minimum Gasteiger partial charge on any atom is -0.496 e. The van der Waals surface area contributed by atoms with Crippen LogP contribution in [0.1, 0.15) is 5.56 Å². The van der Waals surface area contributed by atoms with Crippen LogP contribution in [0.3, 0.4) is 0 Å². The van der Waals surface area contributed by atoms with Gasteiger partial charge < -0.3 is 19.5 Å². The average Bonchev–Trinajstić information content (AvgIpc) is 3.13. The number of pyridine rings is 1. The molecule has 0 saturated carbocycles. The Balaban J connectivity index is 1.69. The van der Waals surface area contributed by atoms with E-state index in [1.807, 2.05) is 12.1 Å². The molecule has 5 rings (SSSR count). The zero-order chi connectivity index (χ0) is 22.2. The van der Waals surface area contributed by atoms with Crippen LogP contribution in [0.25, 0.3) is 33.4 Å². The molecule has 2 aromatic heterocycles. The second kappa shape index (κ2) is 8.49. The third-order valence-corrected chi connectivity index (χ3v) is 6.64. The highest BCUT2D eigenvalue weighted by atomic mass is 35.5. The maximum Gasteiger partial charge on any atom is 0.142 e. The SMILES string of the molecule is COc1ccc(-c2c(-c3ccc(N4CCNCC4)cc3)n(C)c3nccc(Cl)c23)cc1C. The van der Waals surface area contributed by atoms with Crippen LogP contribution in [0.5, 0.6) is 5.75 Å². The Bertz CT molecular complexity index is 1270. The van der Waals surface area contributed by atoms with Crippen LogP contribution in [0.4, 0.5) is 5.69 Å². The molecule has 0 unspecified atom stereocenters. The van der Waals surface area contributed by atoms with Crippen molar-refractivity contribution in [1.82, 2.24) is 14.9 Å². The van der Waals surface area contributed by atoms with E-state index in [-0.39, 0.29) is 0 Å². The zero-order valence-electron chi connectivity index (χ0n) is 18.7. The van der Waals surface area contributed by atoms with E-state index >= 15 is 0 Å². The predicted octanol–water partition coefficient (Wildman–Crippen LogP) is 5.29. The van der Waals surface area contributed by atoms with Gasteiger partial charge in [-0.1, -0.05) is 29.8 Å². The first kappa shape index (κ1) is 20.9. The van der Waals surface area contributed by atoms with E-state index in [0.717, 1.165) is 70.9 Å². The smallest absolute Gasteiger partial charge is 0.142 e. The van der Waals surface area contributed by atoms with E-state index < -0.39 is 0 Å². The molecular weight excluding hydrogens is 420 g/mol. The van der Waals surface area contributed by atoms with E-state index in [1.165, 1.54) is 5.69 Å². The third-order valence-electron chi connectivity index (χ3n) is 6.33. The van der Waals surface area contributed by atoms with Crippen molar-refractivity contribution in [2.75, 3.05) is 38.2 Å². The molecule has 164 valence electrons. The molecule has 32 heavy (non-hydrogen) atoms. The first-order valence-corrected chi connectivity index (χ1v) is 11.3. The fraction of sp³-hybridized carbons (Fsp3) is 0.269. The van der Waals surface area contributed by atoms with E-state index in [9.17, 15) is 0 Å². The standard InChI is InChI=1S/C26H27ClN4O/c1-17-16-19(6-9-22(17)32-3)23-24-21(27)10-11-29-26(24)30(2)25(23)18-4-7-20(8-5-18)31-14-12-28-13-15-31/h4-11,16,28H,12-15H2,1-3H3. The Morgan fingerprint density at radius 3 is 2.41 bits per heavy atom. The van der Waals surface area contributed by atoms with E-state index in [2.05, 4.69) is 70.1 Å². The predicted molar refractivity (Wildman–Crippen MR) is 133 cm³/mol. The first-order valence-electron chi connectivity index (χ1n) is 10.9. The Labute approximate surface area is 193 Å². The number of fused-ring (bicyclic) bond motifs is 1. The van der Waals surface area contributed by atoms with Gasteiger partial charge in [0.15, 0.2) is 0 Å². The summed E-state index contributed by atoms with van der Waals surface area (Å²) in [5, 5.41) is 5.09. The zero-order valence-corrected chi connectivity index (χ0v) is 19.4. The highest BCUT2D eigenvalue weighted by Gasteiger charge is 2.22. The Morgan fingerprint density at radius 1 is 1.00 bits per heavy atom. The molecule has 1 aliphatic heterocycles. The maximum absolute atomic E-state index is 6.72. The van der Waals surface area contributed by atoms with Crippen LogP contribution in [0.2, 0.25) is 5.02 Å². The molecule has 6 heteroatoms. The van der Waals surface area contributed by atoms with Gasteiger partial charge in [0.1, 0.15) is 11.4 Å².